The molecule has 0 aliphatic heterocycles. The maximum Gasteiger partial charge on any atom is 0.308 e. The summed E-state index contributed by atoms with van der Waals surface area (Å²) in [6, 6.07) is 1.77. The van der Waals surface area contributed by atoms with Crippen LogP contribution in [0.1, 0.15) is 25.7 Å². The molecule has 1 fully saturated rings. The predicted molar refractivity (Wildman–Crippen MR) is 67.0 cm³/mol. The minimum Gasteiger partial charge on any atom is -0.488 e. The number of aromatic nitrogens is 1. The highest BCUT2D eigenvalue weighted by Gasteiger charge is 2.28. The maximum atomic E-state index is 11.4. The first-order chi connectivity index (χ1) is 8.70. The summed E-state index contributed by atoms with van der Waals surface area (Å²) >= 11 is 0. The average molecular weight is 250 g/mol. The lowest BCUT2D eigenvalue weighted by atomic mass is 9.87. The van der Waals surface area contributed by atoms with Crippen molar-refractivity contribution in [1.82, 2.24) is 4.98 Å². The molecule has 1 saturated carbocycles. The van der Waals surface area contributed by atoms with Crippen molar-refractivity contribution in [1.29, 1.82) is 0 Å². The molecule has 1 aromatic rings. The largest absolute Gasteiger partial charge is 0.488 e. The van der Waals surface area contributed by atoms with E-state index in [1.807, 2.05) is 0 Å². The number of hydrogen-bond donors (Lipinski definition) is 1. The Morgan fingerprint density at radius 1 is 1.39 bits per heavy atom. The zero-order valence-corrected chi connectivity index (χ0v) is 10.5. The number of carbonyl (C=O) groups excluding carboxylic acids is 1. The molecule has 1 aliphatic rings. The Hall–Kier alpha value is -1.78. The van der Waals surface area contributed by atoms with E-state index in [1.54, 1.807) is 18.5 Å². The number of nitrogens with two attached hydrogens (primary N) is 1. The van der Waals surface area contributed by atoms with Crippen molar-refractivity contribution < 1.29 is 14.3 Å². The first-order valence-corrected chi connectivity index (χ1v) is 6.14. The van der Waals surface area contributed by atoms with Gasteiger partial charge in [-0.2, -0.15) is 0 Å². The third kappa shape index (κ3) is 2.91. The number of carbonyl (C=O) groups is 1. The summed E-state index contributed by atoms with van der Waals surface area (Å²) in [6.07, 6.45) is 6.67. The first-order valence-electron chi connectivity index (χ1n) is 6.14. The molecule has 0 aromatic carbocycles. The molecule has 0 amide bonds. The van der Waals surface area contributed by atoms with E-state index in [0.29, 0.717) is 11.4 Å². The minimum absolute atomic E-state index is 0.0182. The molecule has 5 nitrogen and oxygen atoms in total. The molecule has 5 heteroatoms. The van der Waals surface area contributed by atoms with Crippen molar-refractivity contribution in [2.24, 2.45) is 5.92 Å². The third-order valence-corrected chi connectivity index (χ3v) is 3.31. The number of ether oxygens (including phenoxy) is 2. The second kappa shape index (κ2) is 5.71. The number of methoxy groups -OCH3 is 1. The van der Waals surface area contributed by atoms with Crippen LogP contribution in [0.15, 0.2) is 18.5 Å². The highest BCUT2D eigenvalue weighted by Crippen LogP contribution is 2.30. The topological polar surface area (TPSA) is 74.4 Å². The van der Waals surface area contributed by atoms with E-state index in [-0.39, 0.29) is 18.0 Å². The summed E-state index contributed by atoms with van der Waals surface area (Å²) < 4.78 is 10.6. The maximum absolute atomic E-state index is 11.4. The lowest BCUT2D eigenvalue weighted by molar-refractivity contribution is -0.147. The number of anilines is 1. The van der Waals surface area contributed by atoms with Crippen molar-refractivity contribution in [2.45, 2.75) is 31.8 Å². The fraction of sp³-hybridized carbons (Fsp3) is 0.538. The van der Waals surface area contributed by atoms with Crippen LogP contribution >= 0.6 is 0 Å². The SMILES string of the molecule is COC(=O)C1CCC(Oc2ccncc2N)CC1. The van der Waals surface area contributed by atoms with Gasteiger partial charge in [0.1, 0.15) is 5.75 Å². The molecule has 0 spiro atoms. The van der Waals surface area contributed by atoms with E-state index in [0.717, 1.165) is 25.7 Å². The van der Waals surface area contributed by atoms with Gasteiger partial charge in [0.05, 0.1) is 31.0 Å². The summed E-state index contributed by atoms with van der Waals surface area (Å²) in [7, 11) is 1.43. The lowest BCUT2D eigenvalue weighted by Gasteiger charge is -2.27. The van der Waals surface area contributed by atoms with E-state index in [2.05, 4.69) is 4.98 Å². The minimum atomic E-state index is -0.114. The van der Waals surface area contributed by atoms with Crippen molar-refractivity contribution in [3.8, 4) is 5.75 Å². The fourth-order valence-electron chi connectivity index (χ4n) is 2.26. The second-order valence-corrected chi connectivity index (χ2v) is 4.53. The Morgan fingerprint density at radius 2 is 2.11 bits per heavy atom. The van der Waals surface area contributed by atoms with E-state index < -0.39 is 0 Å². The molecule has 18 heavy (non-hydrogen) atoms. The van der Waals surface area contributed by atoms with Crippen LogP contribution in [0.4, 0.5) is 5.69 Å². The fourth-order valence-corrected chi connectivity index (χ4v) is 2.26. The Kier molecular flexibility index (Phi) is 4.02. The summed E-state index contributed by atoms with van der Waals surface area (Å²) in [5.41, 5.74) is 6.32. The Bertz CT molecular complexity index is 414. The summed E-state index contributed by atoms with van der Waals surface area (Å²) in [6.45, 7) is 0. The van der Waals surface area contributed by atoms with E-state index >= 15 is 0 Å². The number of rotatable bonds is 3. The number of esters is 1. The zero-order chi connectivity index (χ0) is 13.0. The van der Waals surface area contributed by atoms with Gasteiger partial charge in [-0.25, -0.2) is 0 Å². The van der Waals surface area contributed by atoms with Gasteiger partial charge in [-0.1, -0.05) is 0 Å². The number of hydrogen-bond acceptors (Lipinski definition) is 5. The average Bonchev–Trinajstić information content (AvgIpc) is 2.41. The molecule has 0 radical (unpaired) electrons. The van der Waals surface area contributed by atoms with E-state index in [1.165, 1.54) is 7.11 Å². The summed E-state index contributed by atoms with van der Waals surface area (Å²) in [4.78, 5) is 15.3. The summed E-state index contributed by atoms with van der Waals surface area (Å²) in [5.74, 6) is 0.577. The number of nitrogen functional groups attached to an aromatic ring is 1. The normalized spacial score (nSPS) is 23.4. The standard InChI is InChI=1S/C13H18N2O3/c1-17-13(16)9-2-4-10(5-3-9)18-12-6-7-15-8-11(12)14/h6-10H,2-5,14H2,1H3. The van der Waals surface area contributed by atoms with Crippen LogP contribution in [-0.4, -0.2) is 24.2 Å². The smallest absolute Gasteiger partial charge is 0.308 e. The first kappa shape index (κ1) is 12.7. The molecule has 0 saturated heterocycles. The van der Waals surface area contributed by atoms with Crippen molar-refractivity contribution in [2.75, 3.05) is 12.8 Å². The summed E-state index contributed by atoms with van der Waals surface area (Å²) in [5, 5.41) is 0. The highest BCUT2D eigenvalue weighted by molar-refractivity contribution is 5.72. The number of pyridine rings is 1. The van der Waals surface area contributed by atoms with Crippen LogP contribution in [0.3, 0.4) is 0 Å². The van der Waals surface area contributed by atoms with Gasteiger partial charge in [-0.3, -0.25) is 9.78 Å². The Balaban J connectivity index is 1.87. The van der Waals surface area contributed by atoms with Crippen LogP contribution < -0.4 is 10.5 Å². The van der Waals surface area contributed by atoms with Crippen molar-refractivity contribution in [3.05, 3.63) is 18.5 Å². The van der Waals surface area contributed by atoms with Crippen LogP contribution in [0.5, 0.6) is 5.75 Å². The molecule has 1 aliphatic carbocycles. The molecule has 2 rings (SSSR count). The molecule has 1 heterocycles. The van der Waals surface area contributed by atoms with Gasteiger partial charge < -0.3 is 15.2 Å². The van der Waals surface area contributed by atoms with Crippen molar-refractivity contribution in [3.63, 3.8) is 0 Å². The molecule has 1 aromatic heterocycles. The van der Waals surface area contributed by atoms with Gasteiger partial charge in [0.2, 0.25) is 0 Å². The van der Waals surface area contributed by atoms with Gasteiger partial charge in [-0.15, -0.1) is 0 Å². The zero-order valence-electron chi connectivity index (χ0n) is 10.5. The molecule has 0 bridgehead atoms. The third-order valence-electron chi connectivity index (χ3n) is 3.31. The van der Waals surface area contributed by atoms with Gasteiger partial charge >= 0.3 is 5.97 Å². The molecule has 0 atom stereocenters. The molecule has 98 valence electrons. The molecule has 0 unspecified atom stereocenters. The van der Waals surface area contributed by atoms with Gasteiger partial charge in [0.15, 0.2) is 0 Å². The lowest BCUT2D eigenvalue weighted by Crippen LogP contribution is -2.28. The quantitative estimate of drug-likeness (QED) is 0.827. The molecule has 2 N–H and O–H groups in total. The molecular formula is C13H18N2O3. The Morgan fingerprint density at radius 3 is 2.72 bits per heavy atom. The molecular weight excluding hydrogens is 232 g/mol. The number of nitrogens with zero attached hydrogens (tertiary/aromatic N) is 1. The van der Waals surface area contributed by atoms with Crippen molar-refractivity contribution >= 4 is 11.7 Å². The van der Waals surface area contributed by atoms with E-state index in [4.69, 9.17) is 15.2 Å². The van der Waals surface area contributed by atoms with Gasteiger partial charge in [0.25, 0.3) is 0 Å². The highest BCUT2D eigenvalue weighted by atomic mass is 16.5. The van der Waals surface area contributed by atoms with Crippen LogP contribution in [0, 0.1) is 5.92 Å². The van der Waals surface area contributed by atoms with Crippen LogP contribution in [0.25, 0.3) is 0 Å². The monoisotopic (exact) mass is 250 g/mol. The van der Waals surface area contributed by atoms with Crippen LogP contribution in [0.2, 0.25) is 0 Å². The Labute approximate surface area is 106 Å². The van der Waals surface area contributed by atoms with Gasteiger partial charge in [0, 0.05) is 12.3 Å². The van der Waals surface area contributed by atoms with Crippen LogP contribution in [-0.2, 0) is 9.53 Å². The second-order valence-electron chi connectivity index (χ2n) is 4.53. The van der Waals surface area contributed by atoms with E-state index in [9.17, 15) is 4.79 Å². The van der Waals surface area contributed by atoms with Gasteiger partial charge in [-0.05, 0) is 25.7 Å². The predicted octanol–water partition coefficient (Wildman–Crippen LogP) is 1.77.